The Labute approximate surface area is 78.4 Å². The first-order chi connectivity index (χ1) is 5.27. The van der Waals surface area contributed by atoms with Gasteiger partial charge in [0.05, 0.1) is 6.61 Å². The van der Waals surface area contributed by atoms with E-state index in [1.165, 1.54) is 0 Å². The predicted molar refractivity (Wildman–Crippen MR) is 47.8 cm³/mol. The molecule has 11 heavy (non-hydrogen) atoms. The van der Waals surface area contributed by atoms with E-state index in [-0.39, 0.29) is 6.10 Å². The molecular weight excluding hydrogens is 227 g/mol. The van der Waals surface area contributed by atoms with Crippen molar-refractivity contribution in [2.75, 3.05) is 6.61 Å². The maximum atomic E-state index is 5.93. The Morgan fingerprint density at radius 2 is 2.27 bits per heavy atom. The van der Waals surface area contributed by atoms with Crippen LogP contribution < -0.4 is 0 Å². The van der Waals surface area contributed by atoms with Crippen molar-refractivity contribution in [1.29, 1.82) is 0 Å². The summed E-state index contributed by atoms with van der Waals surface area (Å²) in [4.78, 5) is 0. The van der Waals surface area contributed by atoms with Gasteiger partial charge in [-0.2, -0.15) is 0 Å². The summed E-state index contributed by atoms with van der Waals surface area (Å²) in [6.45, 7) is 0.802. The summed E-state index contributed by atoms with van der Waals surface area (Å²) in [5, 5.41) is 0.788. The summed E-state index contributed by atoms with van der Waals surface area (Å²) in [6.07, 6.45) is 0.236. The fourth-order valence-electron chi connectivity index (χ4n) is 0.989. The van der Waals surface area contributed by atoms with Crippen LogP contribution in [-0.2, 0) is 4.74 Å². The molecule has 0 aliphatic carbocycles. The monoisotopic (exact) mass is 232 g/mol. The average Bonchev–Trinajstić information content (AvgIpc) is 2.76. The lowest BCUT2D eigenvalue weighted by Crippen LogP contribution is -1.81. The zero-order valence-electron chi connectivity index (χ0n) is 5.68. The highest BCUT2D eigenvalue weighted by Crippen LogP contribution is 2.36. The Kier molecular flexibility index (Phi) is 1.91. The minimum absolute atomic E-state index is 0.236. The van der Waals surface area contributed by atoms with Crippen LogP contribution >= 0.6 is 27.5 Å². The Morgan fingerprint density at radius 3 is 2.91 bits per heavy atom. The van der Waals surface area contributed by atoms with Crippen molar-refractivity contribution in [3.8, 4) is 0 Å². The van der Waals surface area contributed by atoms with E-state index in [1.807, 2.05) is 18.2 Å². The first kappa shape index (κ1) is 7.59. The molecule has 1 heterocycles. The van der Waals surface area contributed by atoms with Crippen molar-refractivity contribution in [2.24, 2.45) is 0 Å². The normalized spacial score (nSPS) is 21.8. The molecular formula is C8H6BrClO. The van der Waals surface area contributed by atoms with Crippen LogP contribution in [0.1, 0.15) is 11.7 Å². The van der Waals surface area contributed by atoms with E-state index in [9.17, 15) is 0 Å². The lowest BCUT2D eigenvalue weighted by atomic mass is 10.2. The number of rotatable bonds is 1. The number of epoxide rings is 1. The smallest absolute Gasteiger partial charge is 0.107 e. The molecule has 58 valence electrons. The predicted octanol–water partition coefficient (Wildman–Crippen LogP) is 3.17. The third-order valence-electron chi connectivity index (χ3n) is 1.64. The van der Waals surface area contributed by atoms with Crippen molar-refractivity contribution >= 4 is 27.5 Å². The Hall–Kier alpha value is -0.0500. The van der Waals surface area contributed by atoms with E-state index in [0.29, 0.717) is 0 Å². The van der Waals surface area contributed by atoms with E-state index < -0.39 is 0 Å². The topological polar surface area (TPSA) is 12.5 Å². The van der Waals surface area contributed by atoms with Crippen LogP contribution in [0.5, 0.6) is 0 Å². The Balaban J connectivity index is 2.42. The fraction of sp³-hybridized carbons (Fsp3) is 0.250. The second-order valence-electron chi connectivity index (χ2n) is 2.49. The van der Waals surface area contributed by atoms with E-state index >= 15 is 0 Å². The molecule has 1 fully saturated rings. The lowest BCUT2D eigenvalue weighted by molar-refractivity contribution is 0.415. The minimum atomic E-state index is 0.236. The summed E-state index contributed by atoms with van der Waals surface area (Å²) in [7, 11) is 0. The molecule has 1 atom stereocenters. The van der Waals surface area contributed by atoms with Crippen LogP contribution in [0.3, 0.4) is 0 Å². The number of benzene rings is 1. The van der Waals surface area contributed by atoms with Gasteiger partial charge in [0.1, 0.15) is 6.10 Å². The molecule has 0 aromatic heterocycles. The third-order valence-corrected chi connectivity index (χ3v) is 2.48. The van der Waals surface area contributed by atoms with E-state index in [2.05, 4.69) is 15.9 Å². The van der Waals surface area contributed by atoms with Crippen LogP contribution in [0.15, 0.2) is 22.7 Å². The van der Waals surface area contributed by atoms with Crippen molar-refractivity contribution < 1.29 is 4.74 Å². The maximum Gasteiger partial charge on any atom is 0.107 e. The van der Waals surface area contributed by atoms with Crippen LogP contribution in [0.2, 0.25) is 5.02 Å². The molecule has 3 heteroatoms. The summed E-state index contributed by atoms with van der Waals surface area (Å²) < 4.78 is 6.17. The lowest BCUT2D eigenvalue weighted by Gasteiger charge is -1.99. The molecule has 1 saturated heterocycles. The van der Waals surface area contributed by atoms with Gasteiger partial charge in [0.2, 0.25) is 0 Å². The van der Waals surface area contributed by atoms with E-state index in [1.54, 1.807) is 0 Å². The molecule has 1 aromatic rings. The summed E-state index contributed by atoms with van der Waals surface area (Å²) in [6, 6.07) is 5.80. The highest BCUT2D eigenvalue weighted by Gasteiger charge is 2.26. The fourth-order valence-corrected chi connectivity index (χ4v) is 1.61. The van der Waals surface area contributed by atoms with Gasteiger partial charge in [-0.1, -0.05) is 27.5 Å². The zero-order valence-corrected chi connectivity index (χ0v) is 8.02. The average molecular weight is 233 g/mol. The molecule has 1 aliphatic heterocycles. The maximum absolute atomic E-state index is 5.93. The number of ether oxygens (including phenoxy) is 1. The second kappa shape index (κ2) is 2.77. The molecule has 1 nitrogen and oxygen atoms in total. The van der Waals surface area contributed by atoms with Crippen LogP contribution in [0, 0.1) is 0 Å². The van der Waals surface area contributed by atoms with Gasteiger partial charge in [-0.05, 0) is 18.2 Å². The molecule has 2 rings (SSSR count). The molecule has 1 aliphatic rings. The molecule has 1 aromatic carbocycles. The standard InChI is InChI=1S/C8H6BrClO/c9-5-1-2-7(10)6(3-5)8-4-11-8/h1-3,8H,4H2. The van der Waals surface area contributed by atoms with Gasteiger partial charge in [0.15, 0.2) is 0 Å². The van der Waals surface area contributed by atoms with Gasteiger partial charge in [0, 0.05) is 15.1 Å². The van der Waals surface area contributed by atoms with Gasteiger partial charge in [-0.15, -0.1) is 0 Å². The first-order valence-corrected chi connectivity index (χ1v) is 4.51. The van der Waals surface area contributed by atoms with Crippen LogP contribution in [-0.4, -0.2) is 6.61 Å². The highest BCUT2D eigenvalue weighted by atomic mass is 79.9. The van der Waals surface area contributed by atoms with E-state index in [0.717, 1.165) is 21.7 Å². The van der Waals surface area contributed by atoms with Crippen molar-refractivity contribution in [1.82, 2.24) is 0 Å². The van der Waals surface area contributed by atoms with Gasteiger partial charge >= 0.3 is 0 Å². The Morgan fingerprint density at radius 1 is 1.55 bits per heavy atom. The van der Waals surface area contributed by atoms with Gasteiger partial charge in [0.25, 0.3) is 0 Å². The SMILES string of the molecule is Clc1ccc(Br)cc1C1CO1. The third kappa shape index (κ3) is 1.58. The minimum Gasteiger partial charge on any atom is -0.368 e. The van der Waals surface area contributed by atoms with Gasteiger partial charge < -0.3 is 4.74 Å². The van der Waals surface area contributed by atoms with E-state index in [4.69, 9.17) is 16.3 Å². The van der Waals surface area contributed by atoms with Gasteiger partial charge in [-0.3, -0.25) is 0 Å². The second-order valence-corrected chi connectivity index (χ2v) is 3.81. The largest absolute Gasteiger partial charge is 0.368 e. The summed E-state index contributed by atoms with van der Waals surface area (Å²) in [5.74, 6) is 0. The highest BCUT2D eigenvalue weighted by molar-refractivity contribution is 9.10. The quantitative estimate of drug-likeness (QED) is 0.679. The van der Waals surface area contributed by atoms with Crippen LogP contribution in [0.4, 0.5) is 0 Å². The molecule has 0 radical (unpaired) electrons. The molecule has 0 amide bonds. The Bertz CT molecular complexity index is 283. The van der Waals surface area contributed by atoms with Crippen molar-refractivity contribution in [2.45, 2.75) is 6.10 Å². The molecule has 1 unspecified atom stereocenters. The van der Waals surface area contributed by atoms with Crippen molar-refractivity contribution in [3.05, 3.63) is 33.3 Å². The summed E-state index contributed by atoms with van der Waals surface area (Å²) >= 11 is 9.31. The number of hydrogen-bond donors (Lipinski definition) is 0. The molecule has 0 spiro atoms. The summed E-state index contributed by atoms with van der Waals surface area (Å²) in [5.41, 5.74) is 1.08. The first-order valence-electron chi connectivity index (χ1n) is 3.34. The number of halogens is 2. The molecule has 0 bridgehead atoms. The van der Waals surface area contributed by atoms with Gasteiger partial charge in [-0.25, -0.2) is 0 Å². The zero-order chi connectivity index (χ0) is 7.84. The molecule has 0 saturated carbocycles. The number of hydrogen-bond acceptors (Lipinski definition) is 1. The van der Waals surface area contributed by atoms with Crippen molar-refractivity contribution in [3.63, 3.8) is 0 Å². The van der Waals surface area contributed by atoms with Crippen LogP contribution in [0.25, 0.3) is 0 Å². The molecule has 0 N–H and O–H groups in total.